The zero-order valence-corrected chi connectivity index (χ0v) is 18.4. The number of carbonyl (C=O) groups is 2. The molecule has 32 heavy (non-hydrogen) atoms. The molecule has 0 spiro atoms. The van der Waals surface area contributed by atoms with Gasteiger partial charge in [-0.25, -0.2) is 0 Å². The predicted octanol–water partition coefficient (Wildman–Crippen LogP) is 5.36. The van der Waals surface area contributed by atoms with Crippen LogP contribution in [0.2, 0.25) is 5.02 Å². The van der Waals surface area contributed by atoms with Gasteiger partial charge in [0.05, 0.1) is 10.6 Å². The summed E-state index contributed by atoms with van der Waals surface area (Å²) in [7, 11) is 0. The van der Waals surface area contributed by atoms with Gasteiger partial charge in [-0.1, -0.05) is 61.0 Å². The summed E-state index contributed by atoms with van der Waals surface area (Å²) in [6.45, 7) is 2.08. The van der Waals surface area contributed by atoms with Crippen LogP contribution >= 0.6 is 11.6 Å². The van der Waals surface area contributed by atoms with Gasteiger partial charge in [0.25, 0.3) is 5.91 Å². The molecule has 1 atom stereocenters. The number of aromatic amines is 1. The van der Waals surface area contributed by atoms with Gasteiger partial charge < -0.3 is 15.6 Å². The van der Waals surface area contributed by atoms with E-state index >= 15 is 0 Å². The summed E-state index contributed by atoms with van der Waals surface area (Å²) in [6.07, 6.45) is 3.13. The highest BCUT2D eigenvalue weighted by Crippen LogP contribution is 2.21. The number of para-hydroxylation sites is 1. The smallest absolute Gasteiger partial charge is 0.253 e. The van der Waals surface area contributed by atoms with Gasteiger partial charge in [0, 0.05) is 29.2 Å². The standard InChI is InChI=1S/C26H24ClN3O2/c1-2-17-11-13-19(14-12-17)29-26(32)24(30-25(31)21-8-3-5-9-22(21)27)15-18-16-28-23-10-6-4-7-20(18)23/h3-14,16,24,28H,2,15H2,1H3,(H,29,32)(H,30,31)/t24-/m0/s1. The lowest BCUT2D eigenvalue weighted by molar-refractivity contribution is -0.118. The van der Waals surface area contributed by atoms with Crippen molar-refractivity contribution in [3.8, 4) is 0 Å². The minimum Gasteiger partial charge on any atom is -0.361 e. The molecule has 4 rings (SSSR count). The third-order valence-electron chi connectivity index (χ3n) is 5.47. The van der Waals surface area contributed by atoms with Crippen LogP contribution in [0.15, 0.2) is 79.0 Å². The van der Waals surface area contributed by atoms with Crippen LogP contribution in [0.4, 0.5) is 5.69 Å². The number of aryl methyl sites for hydroxylation is 1. The Morgan fingerprint density at radius 1 is 0.969 bits per heavy atom. The highest BCUT2D eigenvalue weighted by Gasteiger charge is 2.24. The molecule has 1 heterocycles. The van der Waals surface area contributed by atoms with Crippen LogP contribution in [0.5, 0.6) is 0 Å². The number of hydrogen-bond donors (Lipinski definition) is 3. The second kappa shape index (κ2) is 9.71. The van der Waals surface area contributed by atoms with Crippen molar-refractivity contribution in [1.82, 2.24) is 10.3 Å². The molecule has 162 valence electrons. The molecule has 0 aliphatic rings. The van der Waals surface area contributed by atoms with Gasteiger partial charge in [-0.2, -0.15) is 0 Å². The summed E-state index contributed by atoms with van der Waals surface area (Å²) in [4.78, 5) is 29.4. The first-order chi connectivity index (χ1) is 15.5. The average Bonchev–Trinajstić information content (AvgIpc) is 3.22. The lowest BCUT2D eigenvalue weighted by Crippen LogP contribution is -2.45. The first-order valence-corrected chi connectivity index (χ1v) is 10.9. The largest absolute Gasteiger partial charge is 0.361 e. The topological polar surface area (TPSA) is 74.0 Å². The van der Waals surface area contributed by atoms with Crippen molar-refractivity contribution in [3.05, 3.63) is 101 Å². The number of rotatable bonds is 7. The predicted molar refractivity (Wildman–Crippen MR) is 129 cm³/mol. The third kappa shape index (κ3) is 4.84. The van der Waals surface area contributed by atoms with Crippen molar-refractivity contribution in [2.75, 3.05) is 5.32 Å². The van der Waals surface area contributed by atoms with Gasteiger partial charge in [0.2, 0.25) is 5.91 Å². The summed E-state index contributed by atoms with van der Waals surface area (Å²) >= 11 is 6.19. The van der Waals surface area contributed by atoms with Crippen LogP contribution in [0.3, 0.4) is 0 Å². The Balaban J connectivity index is 1.59. The Morgan fingerprint density at radius 3 is 2.44 bits per heavy atom. The maximum Gasteiger partial charge on any atom is 0.253 e. The van der Waals surface area contributed by atoms with Crippen molar-refractivity contribution in [1.29, 1.82) is 0 Å². The normalized spacial score (nSPS) is 11.8. The molecule has 2 amide bonds. The third-order valence-corrected chi connectivity index (χ3v) is 5.80. The summed E-state index contributed by atoms with van der Waals surface area (Å²) < 4.78 is 0. The maximum absolute atomic E-state index is 13.2. The molecule has 0 unspecified atom stereocenters. The molecular weight excluding hydrogens is 422 g/mol. The molecule has 0 saturated carbocycles. The molecule has 3 aromatic carbocycles. The number of benzene rings is 3. The summed E-state index contributed by atoms with van der Waals surface area (Å²) in [5.41, 5.74) is 4.13. The molecule has 0 saturated heterocycles. The highest BCUT2D eigenvalue weighted by molar-refractivity contribution is 6.33. The first-order valence-electron chi connectivity index (χ1n) is 10.6. The molecule has 0 aliphatic heterocycles. The lowest BCUT2D eigenvalue weighted by atomic mass is 10.0. The quantitative estimate of drug-likeness (QED) is 0.358. The number of amides is 2. The van der Waals surface area contributed by atoms with Gasteiger partial charge in [-0.15, -0.1) is 0 Å². The van der Waals surface area contributed by atoms with Crippen LogP contribution in [0, 0.1) is 0 Å². The average molecular weight is 446 g/mol. The highest BCUT2D eigenvalue weighted by atomic mass is 35.5. The number of aromatic nitrogens is 1. The fraction of sp³-hybridized carbons (Fsp3) is 0.154. The summed E-state index contributed by atoms with van der Waals surface area (Å²) in [5.74, 6) is -0.683. The minimum atomic E-state index is -0.788. The van der Waals surface area contributed by atoms with E-state index in [1.807, 2.05) is 54.7 Å². The number of hydrogen-bond acceptors (Lipinski definition) is 2. The zero-order valence-electron chi connectivity index (χ0n) is 17.7. The van der Waals surface area contributed by atoms with Crippen molar-refractivity contribution in [2.45, 2.75) is 25.8 Å². The molecule has 0 bridgehead atoms. The molecule has 4 aromatic rings. The number of H-pyrrole nitrogens is 1. The number of carbonyl (C=O) groups excluding carboxylic acids is 2. The molecule has 1 aromatic heterocycles. The van der Waals surface area contributed by atoms with E-state index in [1.54, 1.807) is 24.3 Å². The van der Waals surface area contributed by atoms with Crippen molar-refractivity contribution in [3.63, 3.8) is 0 Å². The molecule has 6 heteroatoms. The first kappa shape index (κ1) is 21.7. The van der Waals surface area contributed by atoms with Gasteiger partial charge in [-0.3, -0.25) is 9.59 Å². The van der Waals surface area contributed by atoms with Crippen molar-refractivity contribution in [2.24, 2.45) is 0 Å². The minimum absolute atomic E-state index is 0.292. The fourth-order valence-electron chi connectivity index (χ4n) is 3.66. The van der Waals surface area contributed by atoms with Gasteiger partial charge in [-0.05, 0) is 47.9 Å². The molecule has 0 radical (unpaired) electrons. The van der Waals surface area contributed by atoms with E-state index in [1.165, 1.54) is 5.56 Å². The summed E-state index contributed by atoms with van der Waals surface area (Å²) in [5, 5.41) is 7.16. The molecule has 5 nitrogen and oxygen atoms in total. The van der Waals surface area contributed by atoms with Crippen LogP contribution in [0.25, 0.3) is 10.9 Å². The van der Waals surface area contributed by atoms with E-state index in [9.17, 15) is 9.59 Å². The Labute approximate surface area is 191 Å². The Hall–Kier alpha value is -3.57. The molecule has 3 N–H and O–H groups in total. The van der Waals surface area contributed by atoms with E-state index < -0.39 is 11.9 Å². The SMILES string of the molecule is CCc1ccc(NC(=O)[C@H](Cc2c[nH]c3ccccc23)NC(=O)c2ccccc2Cl)cc1. The lowest BCUT2D eigenvalue weighted by Gasteiger charge is -2.19. The van der Waals surface area contributed by atoms with Gasteiger partial charge in [0.15, 0.2) is 0 Å². The van der Waals surface area contributed by atoms with Crippen LogP contribution in [-0.2, 0) is 17.6 Å². The van der Waals surface area contributed by atoms with Crippen LogP contribution < -0.4 is 10.6 Å². The Kier molecular flexibility index (Phi) is 6.57. The molecular formula is C26H24ClN3O2. The van der Waals surface area contributed by atoms with Crippen LogP contribution in [0.1, 0.15) is 28.4 Å². The fourth-order valence-corrected chi connectivity index (χ4v) is 3.89. The van der Waals surface area contributed by atoms with E-state index in [2.05, 4.69) is 22.5 Å². The van der Waals surface area contributed by atoms with E-state index in [0.29, 0.717) is 22.7 Å². The zero-order chi connectivity index (χ0) is 22.5. The van der Waals surface area contributed by atoms with E-state index in [0.717, 1.165) is 22.9 Å². The summed E-state index contributed by atoms with van der Waals surface area (Å²) in [6, 6.07) is 21.6. The van der Waals surface area contributed by atoms with Gasteiger partial charge >= 0.3 is 0 Å². The Morgan fingerprint density at radius 2 is 1.69 bits per heavy atom. The number of fused-ring (bicyclic) bond motifs is 1. The molecule has 0 fully saturated rings. The second-order valence-corrected chi connectivity index (χ2v) is 8.02. The maximum atomic E-state index is 13.2. The Bertz CT molecular complexity index is 1250. The van der Waals surface area contributed by atoms with Crippen molar-refractivity contribution < 1.29 is 9.59 Å². The monoisotopic (exact) mass is 445 g/mol. The number of halogens is 1. The van der Waals surface area contributed by atoms with E-state index in [4.69, 9.17) is 11.6 Å². The second-order valence-electron chi connectivity index (χ2n) is 7.61. The number of nitrogens with one attached hydrogen (secondary N) is 3. The number of anilines is 1. The van der Waals surface area contributed by atoms with E-state index in [-0.39, 0.29) is 5.91 Å². The van der Waals surface area contributed by atoms with Crippen LogP contribution in [-0.4, -0.2) is 22.8 Å². The molecule has 0 aliphatic carbocycles. The van der Waals surface area contributed by atoms with Crippen molar-refractivity contribution >= 4 is 40.0 Å². The van der Waals surface area contributed by atoms with Gasteiger partial charge in [0.1, 0.15) is 6.04 Å².